The second-order valence-electron chi connectivity index (χ2n) is 7.96. The number of aromatic amines is 1. The molecular weight excluding hydrogens is 499 g/mol. The molecule has 166 valence electrons. The number of aryl methyl sites for hydroxylation is 1. The number of guanidine groups is 1. The summed E-state index contributed by atoms with van der Waals surface area (Å²) in [6.45, 7) is 5.17. The zero-order valence-corrected chi connectivity index (χ0v) is 20.6. The fourth-order valence-corrected chi connectivity index (χ4v) is 3.95. The molecule has 0 atom stereocenters. The number of H-pyrrole nitrogens is 1. The van der Waals surface area contributed by atoms with Gasteiger partial charge in [0.15, 0.2) is 5.96 Å². The number of nitrogens with zero attached hydrogens (tertiary/aromatic N) is 3. The van der Waals surface area contributed by atoms with Crippen molar-refractivity contribution in [1.82, 2.24) is 25.5 Å². The van der Waals surface area contributed by atoms with Crippen LogP contribution in [0.15, 0.2) is 53.5 Å². The summed E-state index contributed by atoms with van der Waals surface area (Å²) in [5.41, 5.74) is 4.80. The van der Waals surface area contributed by atoms with Crippen molar-refractivity contribution >= 4 is 41.0 Å². The van der Waals surface area contributed by atoms with Crippen molar-refractivity contribution in [1.29, 1.82) is 0 Å². The minimum Gasteiger partial charge on any atom is -0.356 e. The summed E-state index contributed by atoms with van der Waals surface area (Å²) in [6.07, 6.45) is 4.59. The van der Waals surface area contributed by atoms with Crippen molar-refractivity contribution in [3.05, 3.63) is 65.5 Å². The molecule has 1 saturated heterocycles. The quantitative estimate of drug-likeness (QED) is 0.177. The summed E-state index contributed by atoms with van der Waals surface area (Å²) < 4.78 is 0. The minimum absolute atomic E-state index is 0. The van der Waals surface area contributed by atoms with Crippen LogP contribution in [-0.2, 0) is 19.5 Å². The van der Waals surface area contributed by atoms with E-state index in [1.165, 1.54) is 37.1 Å². The molecule has 0 bridgehead atoms. The monoisotopic (exact) mass is 532 g/mol. The first-order chi connectivity index (χ1) is 14.8. The van der Waals surface area contributed by atoms with Crippen LogP contribution in [0.4, 0.5) is 0 Å². The molecule has 0 radical (unpaired) electrons. The fourth-order valence-electron chi connectivity index (χ4n) is 3.95. The molecule has 0 spiro atoms. The Labute approximate surface area is 202 Å². The van der Waals surface area contributed by atoms with Gasteiger partial charge in [0.1, 0.15) is 5.82 Å². The molecule has 1 aliphatic heterocycles. The molecule has 3 N–H and O–H groups in total. The van der Waals surface area contributed by atoms with Gasteiger partial charge in [-0.2, -0.15) is 0 Å². The Hall–Kier alpha value is -2.13. The van der Waals surface area contributed by atoms with Gasteiger partial charge < -0.3 is 15.6 Å². The van der Waals surface area contributed by atoms with Crippen molar-refractivity contribution < 1.29 is 0 Å². The van der Waals surface area contributed by atoms with Crippen LogP contribution in [0.1, 0.15) is 36.2 Å². The first-order valence-corrected chi connectivity index (χ1v) is 11.0. The zero-order valence-electron chi connectivity index (χ0n) is 18.2. The van der Waals surface area contributed by atoms with E-state index in [4.69, 9.17) is 0 Å². The number of halogens is 1. The Bertz CT molecular complexity index is 927. The maximum atomic E-state index is 4.63. The van der Waals surface area contributed by atoms with Gasteiger partial charge in [0.2, 0.25) is 0 Å². The Kier molecular flexibility index (Phi) is 9.14. The predicted octanol–water partition coefficient (Wildman–Crippen LogP) is 4.07. The number of hydrogen-bond acceptors (Lipinski definition) is 3. The van der Waals surface area contributed by atoms with Crippen molar-refractivity contribution in [2.24, 2.45) is 4.99 Å². The smallest absolute Gasteiger partial charge is 0.191 e. The molecule has 6 nitrogen and oxygen atoms in total. The van der Waals surface area contributed by atoms with E-state index in [9.17, 15) is 0 Å². The van der Waals surface area contributed by atoms with Gasteiger partial charge in [0.25, 0.3) is 0 Å². The summed E-state index contributed by atoms with van der Waals surface area (Å²) in [5, 5.41) is 6.80. The highest BCUT2D eigenvalue weighted by molar-refractivity contribution is 14.0. The standard InChI is InChI=1S/C24H32N6.HI/c1-25-24(26-14-6-9-23-28-21-7-2-3-8-22(21)29-23)27-17-19-10-12-20(13-11-19)18-30-15-4-5-16-30;/h2-3,7-8,10-13H,4-6,9,14-18H2,1H3,(H,28,29)(H2,25,26,27);1H. The highest BCUT2D eigenvalue weighted by atomic mass is 127. The lowest BCUT2D eigenvalue weighted by molar-refractivity contribution is 0.331. The molecule has 2 aromatic carbocycles. The second kappa shape index (κ2) is 12.0. The van der Waals surface area contributed by atoms with E-state index in [-0.39, 0.29) is 24.0 Å². The Morgan fingerprint density at radius 2 is 1.77 bits per heavy atom. The van der Waals surface area contributed by atoms with Gasteiger partial charge in [-0.15, -0.1) is 24.0 Å². The molecule has 3 aromatic rings. The van der Waals surface area contributed by atoms with Gasteiger partial charge in [0, 0.05) is 33.1 Å². The van der Waals surface area contributed by atoms with Gasteiger partial charge in [-0.3, -0.25) is 9.89 Å². The molecule has 1 fully saturated rings. The molecule has 0 amide bonds. The Morgan fingerprint density at radius 1 is 1.03 bits per heavy atom. The molecule has 1 aromatic heterocycles. The molecular formula is C24H33IN6. The Morgan fingerprint density at radius 3 is 2.52 bits per heavy atom. The van der Waals surface area contributed by atoms with Gasteiger partial charge in [0.05, 0.1) is 11.0 Å². The van der Waals surface area contributed by atoms with Gasteiger partial charge in [-0.25, -0.2) is 4.98 Å². The molecule has 1 aliphatic rings. The van der Waals surface area contributed by atoms with Crippen LogP contribution in [0.2, 0.25) is 0 Å². The summed E-state index contributed by atoms with van der Waals surface area (Å²) in [6, 6.07) is 17.1. The van der Waals surface area contributed by atoms with Crippen molar-refractivity contribution in [2.75, 3.05) is 26.7 Å². The predicted molar refractivity (Wildman–Crippen MR) is 139 cm³/mol. The number of aromatic nitrogens is 2. The summed E-state index contributed by atoms with van der Waals surface area (Å²) >= 11 is 0. The lowest BCUT2D eigenvalue weighted by Gasteiger charge is -2.15. The van der Waals surface area contributed by atoms with E-state index in [0.717, 1.165) is 55.3 Å². The number of nitrogens with one attached hydrogen (secondary N) is 3. The number of benzene rings is 2. The summed E-state index contributed by atoms with van der Waals surface area (Å²) in [4.78, 5) is 14.9. The number of likely N-dealkylation sites (tertiary alicyclic amines) is 1. The molecule has 31 heavy (non-hydrogen) atoms. The molecule has 0 aliphatic carbocycles. The molecule has 0 saturated carbocycles. The van der Waals surface area contributed by atoms with E-state index in [2.05, 4.69) is 60.8 Å². The fraction of sp³-hybridized carbons (Fsp3) is 0.417. The largest absolute Gasteiger partial charge is 0.356 e. The zero-order chi connectivity index (χ0) is 20.6. The lowest BCUT2D eigenvalue weighted by atomic mass is 10.1. The van der Waals surface area contributed by atoms with E-state index in [0.29, 0.717) is 0 Å². The third-order valence-electron chi connectivity index (χ3n) is 5.63. The first kappa shape index (κ1) is 23.5. The van der Waals surface area contributed by atoms with Crippen LogP contribution < -0.4 is 10.6 Å². The molecule has 4 rings (SSSR count). The molecule has 2 heterocycles. The van der Waals surface area contributed by atoms with Crippen LogP contribution >= 0.6 is 24.0 Å². The van der Waals surface area contributed by atoms with Crippen LogP contribution in [-0.4, -0.2) is 47.5 Å². The van der Waals surface area contributed by atoms with Crippen LogP contribution in [0, 0.1) is 0 Å². The van der Waals surface area contributed by atoms with E-state index < -0.39 is 0 Å². The van der Waals surface area contributed by atoms with E-state index in [1.54, 1.807) is 0 Å². The topological polar surface area (TPSA) is 68.3 Å². The summed E-state index contributed by atoms with van der Waals surface area (Å²) in [5.74, 6) is 1.87. The lowest BCUT2D eigenvalue weighted by Crippen LogP contribution is -2.37. The van der Waals surface area contributed by atoms with Crippen LogP contribution in [0.5, 0.6) is 0 Å². The second-order valence-corrected chi connectivity index (χ2v) is 7.96. The van der Waals surface area contributed by atoms with Crippen molar-refractivity contribution in [2.45, 2.75) is 38.8 Å². The van der Waals surface area contributed by atoms with Gasteiger partial charge >= 0.3 is 0 Å². The number of imidazole rings is 1. The van der Waals surface area contributed by atoms with Crippen molar-refractivity contribution in [3.8, 4) is 0 Å². The SMILES string of the molecule is CN=C(NCCCc1nc2ccccc2[nH]1)NCc1ccc(CN2CCCC2)cc1.I. The number of hydrogen-bond donors (Lipinski definition) is 3. The third-order valence-corrected chi connectivity index (χ3v) is 5.63. The van der Waals surface area contributed by atoms with E-state index in [1.807, 2.05) is 25.2 Å². The highest BCUT2D eigenvalue weighted by Gasteiger charge is 2.11. The van der Waals surface area contributed by atoms with Gasteiger partial charge in [-0.05, 0) is 55.6 Å². The number of para-hydroxylation sites is 2. The Balaban J connectivity index is 0.00000272. The summed E-state index contributed by atoms with van der Waals surface area (Å²) in [7, 11) is 1.81. The average Bonchev–Trinajstić information content (AvgIpc) is 3.43. The van der Waals surface area contributed by atoms with Gasteiger partial charge in [-0.1, -0.05) is 36.4 Å². The molecule has 0 unspecified atom stereocenters. The number of rotatable bonds is 8. The van der Waals surface area contributed by atoms with Crippen LogP contribution in [0.25, 0.3) is 11.0 Å². The number of fused-ring (bicyclic) bond motifs is 1. The number of aliphatic imine (C=N–C) groups is 1. The van der Waals surface area contributed by atoms with E-state index >= 15 is 0 Å². The minimum atomic E-state index is 0. The first-order valence-electron chi connectivity index (χ1n) is 11.0. The maximum Gasteiger partial charge on any atom is 0.191 e. The average molecular weight is 532 g/mol. The maximum absolute atomic E-state index is 4.63. The van der Waals surface area contributed by atoms with Crippen LogP contribution in [0.3, 0.4) is 0 Å². The molecule has 7 heteroatoms. The van der Waals surface area contributed by atoms with Crippen molar-refractivity contribution in [3.63, 3.8) is 0 Å². The third kappa shape index (κ3) is 6.93. The highest BCUT2D eigenvalue weighted by Crippen LogP contribution is 2.13. The normalized spacial score (nSPS) is 14.5.